The number of aliphatic hydroxyl groups is 1. The molecule has 1 saturated heterocycles. The summed E-state index contributed by atoms with van der Waals surface area (Å²) in [6, 6.07) is 3.95. The molecule has 0 radical (unpaired) electrons. The van der Waals surface area contributed by atoms with Gasteiger partial charge in [-0.05, 0) is 25.5 Å². The number of aromatic nitrogens is 2. The second-order valence-electron chi connectivity index (χ2n) is 5.84. The normalized spacial score (nSPS) is 16.4. The van der Waals surface area contributed by atoms with Crippen LogP contribution in [0.5, 0.6) is 0 Å². The van der Waals surface area contributed by atoms with Crippen molar-refractivity contribution in [2.75, 3.05) is 39.3 Å². The van der Waals surface area contributed by atoms with Crippen molar-refractivity contribution >= 4 is 11.6 Å². The summed E-state index contributed by atoms with van der Waals surface area (Å²) in [6.45, 7) is 7.74. The van der Waals surface area contributed by atoms with Crippen molar-refractivity contribution in [1.29, 1.82) is 0 Å². The Bertz CT molecular complexity index is 687. The highest BCUT2D eigenvalue weighted by Gasteiger charge is 2.25. The molecule has 6 nitrogen and oxygen atoms in total. The first-order valence-corrected chi connectivity index (χ1v) is 7.68. The van der Waals surface area contributed by atoms with Crippen LogP contribution in [0.4, 0.5) is 0 Å². The zero-order chi connectivity index (χ0) is 15.7. The Hall–Kier alpha value is -1.92. The lowest BCUT2D eigenvalue weighted by Crippen LogP contribution is -2.49. The Balaban J connectivity index is 1.84. The fourth-order valence-electron chi connectivity index (χ4n) is 2.99. The van der Waals surface area contributed by atoms with Gasteiger partial charge in [0, 0.05) is 38.9 Å². The summed E-state index contributed by atoms with van der Waals surface area (Å²) >= 11 is 0. The summed E-state index contributed by atoms with van der Waals surface area (Å²) in [5.41, 5.74) is 3.35. The van der Waals surface area contributed by atoms with Crippen LogP contribution in [0, 0.1) is 13.8 Å². The predicted octanol–water partition coefficient (Wildman–Crippen LogP) is 0.701. The molecule has 0 spiro atoms. The summed E-state index contributed by atoms with van der Waals surface area (Å²) < 4.78 is 1.90. The van der Waals surface area contributed by atoms with Crippen LogP contribution in [-0.4, -0.2) is 69.5 Å². The molecule has 1 amide bonds. The van der Waals surface area contributed by atoms with Gasteiger partial charge in [0.05, 0.1) is 12.3 Å². The lowest BCUT2D eigenvalue weighted by atomic mass is 10.2. The van der Waals surface area contributed by atoms with Gasteiger partial charge in [-0.3, -0.25) is 14.1 Å². The second-order valence-corrected chi connectivity index (χ2v) is 5.84. The molecule has 1 N–H and O–H groups in total. The highest BCUT2D eigenvalue weighted by molar-refractivity contribution is 5.94. The number of imidazole rings is 1. The zero-order valence-electron chi connectivity index (χ0n) is 13.1. The number of aryl methyl sites for hydroxylation is 2. The molecule has 3 heterocycles. The van der Waals surface area contributed by atoms with Gasteiger partial charge in [-0.25, -0.2) is 4.98 Å². The minimum Gasteiger partial charge on any atom is -0.395 e. The van der Waals surface area contributed by atoms with Gasteiger partial charge >= 0.3 is 0 Å². The lowest BCUT2D eigenvalue weighted by Gasteiger charge is -2.34. The number of amides is 1. The summed E-state index contributed by atoms with van der Waals surface area (Å²) in [5, 5.41) is 8.99. The first-order chi connectivity index (χ1) is 10.6. The van der Waals surface area contributed by atoms with Gasteiger partial charge in [0.15, 0.2) is 0 Å². The van der Waals surface area contributed by atoms with Crippen molar-refractivity contribution in [2.24, 2.45) is 0 Å². The van der Waals surface area contributed by atoms with Crippen molar-refractivity contribution in [3.63, 3.8) is 0 Å². The average molecular weight is 302 g/mol. The standard InChI is InChI=1S/C16H22N4O2/c1-12-3-4-14-17-13(2)15(20(14)11-12)16(22)19-7-5-18(6-8-19)9-10-21/h3-4,11,21H,5-10H2,1-2H3. The molecule has 2 aromatic heterocycles. The van der Waals surface area contributed by atoms with Gasteiger partial charge < -0.3 is 10.0 Å². The van der Waals surface area contributed by atoms with Crippen molar-refractivity contribution in [2.45, 2.75) is 13.8 Å². The summed E-state index contributed by atoms with van der Waals surface area (Å²) in [6.07, 6.45) is 1.96. The fraction of sp³-hybridized carbons (Fsp3) is 0.500. The molecule has 3 rings (SSSR count). The van der Waals surface area contributed by atoms with E-state index in [9.17, 15) is 4.79 Å². The van der Waals surface area contributed by atoms with Crippen LogP contribution in [0.25, 0.3) is 5.65 Å². The van der Waals surface area contributed by atoms with Crippen molar-refractivity contribution in [1.82, 2.24) is 19.2 Å². The van der Waals surface area contributed by atoms with E-state index in [1.807, 2.05) is 41.5 Å². The van der Waals surface area contributed by atoms with Crippen LogP contribution in [0.15, 0.2) is 18.3 Å². The fourth-order valence-corrected chi connectivity index (χ4v) is 2.99. The molecule has 0 aromatic carbocycles. The lowest BCUT2D eigenvalue weighted by molar-refractivity contribution is 0.0607. The van der Waals surface area contributed by atoms with E-state index in [0.717, 1.165) is 30.0 Å². The molecular weight excluding hydrogens is 280 g/mol. The van der Waals surface area contributed by atoms with E-state index in [4.69, 9.17) is 5.11 Å². The smallest absolute Gasteiger partial charge is 0.272 e. The Morgan fingerprint density at radius 2 is 1.95 bits per heavy atom. The molecule has 6 heteroatoms. The number of nitrogens with zero attached hydrogens (tertiary/aromatic N) is 4. The summed E-state index contributed by atoms with van der Waals surface area (Å²) in [4.78, 5) is 21.4. The average Bonchev–Trinajstić information content (AvgIpc) is 2.83. The minimum atomic E-state index is 0.0410. The highest BCUT2D eigenvalue weighted by Crippen LogP contribution is 2.16. The number of β-amino-alcohol motifs (C(OH)–C–C–N with tert-alkyl or cyclic N) is 1. The van der Waals surface area contributed by atoms with E-state index in [0.29, 0.717) is 25.3 Å². The molecule has 0 bridgehead atoms. The monoisotopic (exact) mass is 302 g/mol. The number of rotatable bonds is 3. The topological polar surface area (TPSA) is 61.1 Å². The molecule has 0 atom stereocenters. The maximum Gasteiger partial charge on any atom is 0.272 e. The number of hydrogen-bond donors (Lipinski definition) is 1. The predicted molar refractivity (Wildman–Crippen MR) is 84.1 cm³/mol. The van der Waals surface area contributed by atoms with Crippen LogP contribution >= 0.6 is 0 Å². The van der Waals surface area contributed by atoms with Gasteiger partial charge in [0.2, 0.25) is 0 Å². The number of carbonyl (C=O) groups is 1. The van der Waals surface area contributed by atoms with Crippen LogP contribution in [0.2, 0.25) is 0 Å². The third kappa shape index (κ3) is 2.71. The van der Waals surface area contributed by atoms with E-state index in [-0.39, 0.29) is 12.5 Å². The van der Waals surface area contributed by atoms with E-state index in [1.165, 1.54) is 0 Å². The molecule has 1 aliphatic rings. The number of aliphatic hydroxyl groups excluding tert-OH is 1. The molecule has 0 aliphatic carbocycles. The summed E-state index contributed by atoms with van der Waals surface area (Å²) in [5.74, 6) is 0.0410. The first-order valence-electron chi connectivity index (χ1n) is 7.68. The number of fused-ring (bicyclic) bond motifs is 1. The maximum atomic E-state index is 12.9. The van der Waals surface area contributed by atoms with Crippen molar-refractivity contribution in [3.8, 4) is 0 Å². The van der Waals surface area contributed by atoms with Gasteiger partial charge in [0.25, 0.3) is 5.91 Å². The van der Waals surface area contributed by atoms with Crippen LogP contribution in [-0.2, 0) is 0 Å². The van der Waals surface area contributed by atoms with E-state index in [2.05, 4.69) is 9.88 Å². The van der Waals surface area contributed by atoms with Gasteiger partial charge in [-0.15, -0.1) is 0 Å². The van der Waals surface area contributed by atoms with Gasteiger partial charge in [-0.1, -0.05) is 6.07 Å². The van der Waals surface area contributed by atoms with Gasteiger partial charge in [0.1, 0.15) is 11.3 Å². The number of carbonyl (C=O) groups excluding carboxylic acids is 1. The van der Waals surface area contributed by atoms with Crippen molar-refractivity contribution in [3.05, 3.63) is 35.3 Å². The molecular formula is C16H22N4O2. The van der Waals surface area contributed by atoms with Crippen LogP contribution < -0.4 is 0 Å². The van der Waals surface area contributed by atoms with Crippen molar-refractivity contribution < 1.29 is 9.90 Å². The molecule has 2 aromatic rings. The Morgan fingerprint density at radius 1 is 1.23 bits per heavy atom. The maximum absolute atomic E-state index is 12.9. The molecule has 1 aliphatic heterocycles. The summed E-state index contributed by atoms with van der Waals surface area (Å²) in [7, 11) is 0. The van der Waals surface area contributed by atoms with Crippen LogP contribution in [0.1, 0.15) is 21.7 Å². The Kier molecular flexibility index (Phi) is 4.13. The van der Waals surface area contributed by atoms with Crippen LogP contribution in [0.3, 0.4) is 0 Å². The second kappa shape index (κ2) is 6.06. The third-order valence-electron chi connectivity index (χ3n) is 4.22. The third-order valence-corrected chi connectivity index (χ3v) is 4.22. The van der Waals surface area contributed by atoms with Gasteiger partial charge in [-0.2, -0.15) is 0 Å². The SMILES string of the molecule is Cc1ccc2nc(C)c(C(=O)N3CCN(CCO)CC3)n2c1. The molecule has 22 heavy (non-hydrogen) atoms. The Morgan fingerprint density at radius 3 is 2.64 bits per heavy atom. The largest absolute Gasteiger partial charge is 0.395 e. The van der Waals surface area contributed by atoms with E-state index >= 15 is 0 Å². The quantitative estimate of drug-likeness (QED) is 0.907. The number of pyridine rings is 1. The molecule has 0 saturated carbocycles. The molecule has 0 unspecified atom stereocenters. The van der Waals surface area contributed by atoms with E-state index < -0.39 is 0 Å². The molecule has 118 valence electrons. The Labute approximate surface area is 130 Å². The molecule has 1 fully saturated rings. The minimum absolute atomic E-state index is 0.0410. The number of piperazine rings is 1. The zero-order valence-corrected chi connectivity index (χ0v) is 13.1. The van der Waals surface area contributed by atoms with E-state index in [1.54, 1.807) is 0 Å². The highest BCUT2D eigenvalue weighted by atomic mass is 16.3. The number of hydrogen-bond acceptors (Lipinski definition) is 4. The first kappa shape index (κ1) is 15.0.